The van der Waals surface area contributed by atoms with Crippen molar-refractivity contribution in [3.63, 3.8) is 0 Å². The van der Waals surface area contributed by atoms with E-state index in [0.717, 1.165) is 37.9 Å². The predicted octanol–water partition coefficient (Wildman–Crippen LogP) is 1.36. The van der Waals surface area contributed by atoms with Crippen LogP contribution in [0.1, 0.15) is 25.7 Å². The Labute approximate surface area is 111 Å². The molecule has 0 atom stereocenters. The smallest absolute Gasteiger partial charge is 0.249 e. The summed E-state index contributed by atoms with van der Waals surface area (Å²) in [6, 6.07) is 3.10. The van der Waals surface area contributed by atoms with E-state index in [1.807, 2.05) is 0 Å². The average molecular weight is 262 g/mol. The maximum Gasteiger partial charge on any atom is 0.249 e. The normalized spacial score (nSPS) is 10.8. The van der Waals surface area contributed by atoms with Crippen LogP contribution < -0.4 is 10.9 Å². The van der Waals surface area contributed by atoms with E-state index in [4.69, 9.17) is 4.42 Å². The Morgan fingerprint density at radius 2 is 2.21 bits per heavy atom. The molecule has 0 unspecified atom stereocenters. The lowest BCUT2D eigenvalue weighted by Crippen LogP contribution is -2.16. The molecule has 19 heavy (non-hydrogen) atoms. The minimum Gasteiger partial charge on any atom is -0.421 e. The van der Waals surface area contributed by atoms with Gasteiger partial charge in [-0.25, -0.2) is 0 Å². The molecule has 2 aromatic rings. The van der Waals surface area contributed by atoms with Crippen LogP contribution >= 0.6 is 0 Å². The van der Waals surface area contributed by atoms with E-state index >= 15 is 0 Å². The molecular formula is C13H18N4O2. The van der Waals surface area contributed by atoms with Gasteiger partial charge in [0.1, 0.15) is 0 Å². The zero-order valence-corrected chi connectivity index (χ0v) is 11.0. The van der Waals surface area contributed by atoms with Crippen LogP contribution in [0.3, 0.4) is 0 Å². The highest BCUT2D eigenvalue weighted by molar-refractivity contribution is 5.49. The summed E-state index contributed by atoms with van der Waals surface area (Å²) in [5, 5.41) is 11.3. The van der Waals surface area contributed by atoms with Gasteiger partial charge in [0.2, 0.25) is 17.3 Å². The Balaban J connectivity index is 1.88. The second-order valence-corrected chi connectivity index (χ2v) is 4.30. The van der Waals surface area contributed by atoms with Crippen molar-refractivity contribution < 1.29 is 4.42 Å². The molecule has 2 heterocycles. The first-order valence-electron chi connectivity index (χ1n) is 6.52. The predicted molar refractivity (Wildman–Crippen MR) is 71.8 cm³/mol. The summed E-state index contributed by atoms with van der Waals surface area (Å²) in [4.78, 5) is 13.5. The summed E-state index contributed by atoms with van der Waals surface area (Å²) in [5.74, 6) is 1.06. The van der Waals surface area contributed by atoms with Crippen LogP contribution in [0, 0.1) is 0 Å². The lowest BCUT2D eigenvalue weighted by molar-refractivity contribution is 0.491. The molecule has 2 rings (SSSR count). The fourth-order valence-electron chi connectivity index (χ4n) is 1.68. The molecular weight excluding hydrogens is 244 g/mol. The highest BCUT2D eigenvalue weighted by atomic mass is 16.4. The van der Waals surface area contributed by atoms with Crippen LogP contribution in [0.5, 0.6) is 0 Å². The number of nitrogens with zero attached hydrogens (tertiary/aromatic N) is 2. The van der Waals surface area contributed by atoms with Crippen molar-refractivity contribution in [3.8, 4) is 11.5 Å². The Bertz CT molecular complexity index is 541. The Morgan fingerprint density at radius 1 is 1.32 bits per heavy atom. The molecule has 2 N–H and O–H groups in total. The van der Waals surface area contributed by atoms with Gasteiger partial charge in [-0.15, -0.1) is 10.2 Å². The second-order valence-electron chi connectivity index (χ2n) is 4.30. The van der Waals surface area contributed by atoms with Crippen molar-refractivity contribution >= 4 is 0 Å². The van der Waals surface area contributed by atoms with Gasteiger partial charge in [-0.2, -0.15) is 0 Å². The topological polar surface area (TPSA) is 83.8 Å². The summed E-state index contributed by atoms with van der Waals surface area (Å²) in [6.45, 7) is 4.12. The molecule has 0 amide bonds. The Kier molecular flexibility index (Phi) is 4.85. The van der Waals surface area contributed by atoms with Crippen LogP contribution in [-0.2, 0) is 6.42 Å². The third-order valence-corrected chi connectivity index (χ3v) is 2.67. The van der Waals surface area contributed by atoms with Crippen LogP contribution in [0.25, 0.3) is 11.5 Å². The molecule has 0 aliphatic carbocycles. The van der Waals surface area contributed by atoms with Gasteiger partial charge < -0.3 is 14.7 Å². The molecule has 102 valence electrons. The molecule has 0 aliphatic heterocycles. The minimum absolute atomic E-state index is 0.148. The van der Waals surface area contributed by atoms with Gasteiger partial charge in [0, 0.05) is 18.7 Å². The lowest BCUT2D eigenvalue weighted by Gasteiger charge is -1.99. The van der Waals surface area contributed by atoms with Gasteiger partial charge >= 0.3 is 0 Å². The van der Waals surface area contributed by atoms with Crippen molar-refractivity contribution in [1.29, 1.82) is 0 Å². The number of aryl methyl sites for hydroxylation is 1. The van der Waals surface area contributed by atoms with Gasteiger partial charge in [0.25, 0.3) is 0 Å². The van der Waals surface area contributed by atoms with Crippen molar-refractivity contribution in [2.75, 3.05) is 13.1 Å². The molecule has 2 aromatic heterocycles. The lowest BCUT2D eigenvalue weighted by atomic mass is 10.3. The van der Waals surface area contributed by atoms with Gasteiger partial charge in [0.15, 0.2) is 0 Å². The van der Waals surface area contributed by atoms with E-state index in [0.29, 0.717) is 11.8 Å². The molecule has 0 bridgehead atoms. The monoisotopic (exact) mass is 262 g/mol. The maximum absolute atomic E-state index is 11.0. The third kappa shape index (κ3) is 4.03. The number of H-pyrrole nitrogens is 1. The van der Waals surface area contributed by atoms with E-state index in [-0.39, 0.29) is 5.56 Å². The molecule has 0 aliphatic rings. The van der Waals surface area contributed by atoms with Gasteiger partial charge in [-0.1, -0.05) is 6.92 Å². The summed E-state index contributed by atoms with van der Waals surface area (Å²) >= 11 is 0. The quantitative estimate of drug-likeness (QED) is 0.736. The summed E-state index contributed by atoms with van der Waals surface area (Å²) in [5.41, 5.74) is 0.577. The van der Waals surface area contributed by atoms with E-state index in [1.54, 1.807) is 12.3 Å². The third-order valence-electron chi connectivity index (χ3n) is 2.67. The maximum atomic E-state index is 11.0. The molecule has 0 saturated carbocycles. The van der Waals surface area contributed by atoms with Crippen molar-refractivity contribution in [1.82, 2.24) is 20.5 Å². The zero-order chi connectivity index (χ0) is 13.5. The number of nitrogens with one attached hydrogen (secondary N) is 2. The van der Waals surface area contributed by atoms with E-state index in [2.05, 4.69) is 27.4 Å². The van der Waals surface area contributed by atoms with Crippen molar-refractivity contribution in [3.05, 3.63) is 34.6 Å². The number of hydrogen-bond acceptors (Lipinski definition) is 5. The second kappa shape index (κ2) is 6.84. The summed E-state index contributed by atoms with van der Waals surface area (Å²) < 4.78 is 5.54. The molecule has 0 saturated heterocycles. The molecule has 6 heteroatoms. The van der Waals surface area contributed by atoms with E-state index in [9.17, 15) is 4.79 Å². The first-order valence-corrected chi connectivity index (χ1v) is 6.52. The average Bonchev–Trinajstić information content (AvgIpc) is 2.88. The molecule has 6 nitrogen and oxygen atoms in total. The number of aromatic amines is 1. The number of rotatable bonds is 7. The fourth-order valence-corrected chi connectivity index (χ4v) is 1.68. The summed E-state index contributed by atoms with van der Waals surface area (Å²) in [6.07, 6.45) is 4.43. The highest BCUT2D eigenvalue weighted by Gasteiger charge is 2.08. The van der Waals surface area contributed by atoms with Crippen LogP contribution in [0.15, 0.2) is 27.5 Å². The van der Waals surface area contributed by atoms with Gasteiger partial charge in [0.05, 0.1) is 5.56 Å². The largest absolute Gasteiger partial charge is 0.421 e. The standard InChI is InChI=1S/C13H18N4O2/c1-2-7-14-8-3-4-12-16-17-13(19-12)10-5-6-11(18)15-9-10/h5-6,9,14H,2-4,7-8H2,1H3,(H,15,18). The molecule has 0 aromatic carbocycles. The van der Waals surface area contributed by atoms with Crippen molar-refractivity contribution in [2.24, 2.45) is 0 Å². The van der Waals surface area contributed by atoms with Crippen LogP contribution in [-0.4, -0.2) is 28.3 Å². The number of hydrogen-bond donors (Lipinski definition) is 2. The highest BCUT2D eigenvalue weighted by Crippen LogP contribution is 2.15. The Hall–Kier alpha value is -1.95. The van der Waals surface area contributed by atoms with Crippen molar-refractivity contribution in [2.45, 2.75) is 26.2 Å². The van der Waals surface area contributed by atoms with Gasteiger partial charge in [-0.05, 0) is 32.0 Å². The number of pyridine rings is 1. The SMILES string of the molecule is CCCNCCCc1nnc(-c2ccc(=O)[nH]c2)o1. The molecule has 0 radical (unpaired) electrons. The molecule has 0 fully saturated rings. The molecule has 0 spiro atoms. The zero-order valence-electron chi connectivity index (χ0n) is 11.0. The summed E-state index contributed by atoms with van der Waals surface area (Å²) in [7, 11) is 0. The first kappa shape index (κ1) is 13.5. The van der Waals surface area contributed by atoms with E-state index < -0.39 is 0 Å². The Morgan fingerprint density at radius 3 is 2.95 bits per heavy atom. The minimum atomic E-state index is -0.148. The fraction of sp³-hybridized carbons (Fsp3) is 0.462. The number of aromatic nitrogens is 3. The first-order chi connectivity index (χ1) is 9.29. The van der Waals surface area contributed by atoms with Crippen LogP contribution in [0.4, 0.5) is 0 Å². The van der Waals surface area contributed by atoms with Crippen LogP contribution in [0.2, 0.25) is 0 Å². The van der Waals surface area contributed by atoms with Gasteiger partial charge in [-0.3, -0.25) is 4.79 Å². The van der Waals surface area contributed by atoms with E-state index in [1.165, 1.54) is 6.07 Å².